The molecule has 0 saturated carbocycles. The predicted molar refractivity (Wildman–Crippen MR) is 82.9 cm³/mol. The molecule has 0 fully saturated rings. The summed E-state index contributed by atoms with van der Waals surface area (Å²) in [4.78, 5) is 4.67. The summed E-state index contributed by atoms with van der Waals surface area (Å²) in [5.74, 6) is 0. The van der Waals surface area contributed by atoms with E-state index in [1.165, 1.54) is 5.56 Å². The number of pyridine rings is 1. The van der Waals surface area contributed by atoms with Crippen LogP contribution < -0.4 is 5.73 Å². The molecule has 0 unspecified atom stereocenters. The molecule has 0 aliphatic carbocycles. The monoisotopic (exact) mass is 285 g/mol. The zero-order valence-corrected chi connectivity index (χ0v) is 12.1. The summed E-state index contributed by atoms with van der Waals surface area (Å²) in [6.07, 6.45) is 1.03. The lowest BCUT2D eigenvalue weighted by Crippen LogP contribution is -2.03. The zero-order valence-electron chi connectivity index (χ0n) is 11.3. The van der Waals surface area contributed by atoms with Gasteiger partial charge in [-0.1, -0.05) is 48.9 Å². The third-order valence-corrected chi connectivity index (χ3v) is 3.82. The van der Waals surface area contributed by atoms with E-state index in [1.54, 1.807) is 0 Å². The van der Waals surface area contributed by atoms with Gasteiger partial charge < -0.3 is 5.73 Å². The van der Waals surface area contributed by atoms with Crippen LogP contribution in [0.15, 0.2) is 42.5 Å². The van der Waals surface area contributed by atoms with E-state index in [-0.39, 0.29) is 0 Å². The molecule has 0 amide bonds. The van der Waals surface area contributed by atoms with Crippen LogP contribution in [0.1, 0.15) is 18.2 Å². The van der Waals surface area contributed by atoms with Crippen LogP contribution in [0.5, 0.6) is 0 Å². The van der Waals surface area contributed by atoms with E-state index in [1.807, 2.05) is 22.6 Å². The summed E-state index contributed by atoms with van der Waals surface area (Å²) in [5, 5.41) is 0.631. The average molecular weight is 286 g/mol. The molecule has 0 saturated heterocycles. The molecule has 3 aromatic rings. The second kappa shape index (κ2) is 5.27. The number of aryl methyl sites for hydroxylation is 1. The molecule has 2 aromatic heterocycles. The van der Waals surface area contributed by atoms with E-state index in [2.05, 4.69) is 36.2 Å². The first-order valence-corrected chi connectivity index (χ1v) is 7.07. The lowest BCUT2D eigenvalue weighted by molar-refractivity contribution is 0.962. The SMILES string of the molecule is CCc1ccc(-c2nc3cccc(Cl)n3c2CN)cc1. The molecule has 0 aliphatic rings. The number of imidazole rings is 1. The fraction of sp³-hybridized carbons (Fsp3) is 0.188. The van der Waals surface area contributed by atoms with Gasteiger partial charge in [0.2, 0.25) is 0 Å². The van der Waals surface area contributed by atoms with Gasteiger partial charge in [0.05, 0.1) is 11.4 Å². The van der Waals surface area contributed by atoms with E-state index in [0.29, 0.717) is 11.7 Å². The second-order valence-corrected chi connectivity index (χ2v) is 5.09. The van der Waals surface area contributed by atoms with Crippen LogP contribution in [0.3, 0.4) is 0 Å². The standard InChI is InChI=1S/C16H16ClN3/c1-2-11-6-8-12(9-7-11)16-13(10-18)20-14(17)4-3-5-15(20)19-16/h3-9H,2,10,18H2,1H3. The number of nitrogens with two attached hydrogens (primary N) is 1. The highest BCUT2D eigenvalue weighted by atomic mass is 35.5. The Morgan fingerprint density at radius 3 is 2.55 bits per heavy atom. The molecule has 0 aliphatic heterocycles. The Labute approximate surface area is 123 Å². The molecule has 3 rings (SSSR count). The molecule has 0 atom stereocenters. The van der Waals surface area contributed by atoms with Gasteiger partial charge in [-0.3, -0.25) is 4.40 Å². The Balaban J connectivity index is 2.22. The van der Waals surface area contributed by atoms with Crippen LogP contribution in [0.2, 0.25) is 5.15 Å². The third-order valence-electron chi connectivity index (χ3n) is 3.52. The Morgan fingerprint density at radius 2 is 1.90 bits per heavy atom. The molecular weight excluding hydrogens is 270 g/mol. The smallest absolute Gasteiger partial charge is 0.138 e. The molecule has 0 spiro atoms. The Kier molecular flexibility index (Phi) is 3.47. The number of fused-ring (bicyclic) bond motifs is 1. The van der Waals surface area contributed by atoms with Gasteiger partial charge in [0.1, 0.15) is 10.8 Å². The van der Waals surface area contributed by atoms with Gasteiger partial charge in [0.15, 0.2) is 0 Å². The van der Waals surface area contributed by atoms with E-state index in [0.717, 1.165) is 29.0 Å². The Morgan fingerprint density at radius 1 is 1.15 bits per heavy atom. The second-order valence-electron chi connectivity index (χ2n) is 4.70. The number of benzene rings is 1. The van der Waals surface area contributed by atoms with Crippen molar-refractivity contribution in [3.63, 3.8) is 0 Å². The van der Waals surface area contributed by atoms with Crippen molar-refractivity contribution >= 4 is 17.2 Å². The Bertz CT molecular complexity index is 744. The number of nitrogens with zero attached hydrogens (tertiary/aromatic N) is 2. The van der Waals surface area contributed by atoms with Gasteiger partial charge >= 0.3 is 0 Å². The number of hydrogen-bond donors (Lipinski definition) is 1. The van der Waals surface area contributed by atoms with Crippen molar-refractivity contribution < 1.29 is 0 Å². The summed E-state index contributed by atoms with van der Waals surface area (Å²) in [5.41, 5.74) is 11.0. The van der Waals surface area contributed by atoms with Crippen LogP contribution in [-0.4, -0.2) is 9.38 Å². The highest BCUT2D eigenvalue weighted by Gasteiger charge is 2.14. The van der Waals surface area contributed by atoms with Gasteiger partial charge in [-0.2, -0.15) is 0 Å². The fourth-order valence-corrected chi connectivity index (χ4v) is 2.69. The van der Waals surface area contributed by atoms with E-state index >= 15 is 0 Å². The van der Waals surface area contributed by atoms with Crippen molar-refractivity contribution in [1.29, 1.82) is 0 Å². The van der Waals surface area contributed by atoms with Crippen LogP contribution in [0.4, 0.5) is 0 Å². The minimum Gasteiger partial charge on any atom is -0.325 e. The minimum absolute atomic E-state index is 0.399. The molecule has 0 bridgehead atoms. The first-order chi connectivity index (χ1) is 9.74. The quantitative estimate of drug-likeness (QED) is 0.746. The van der Waals surface area contributed by atoms with Gasteiger partial charge in [-0.15, -0.1) is 0 Å². The minimum atomic E-state index is 0.399. The van der Waals surface area contributed by atoms with Gasteiger partial charge in [0, 0.05) is 12.1 Å². The highest BCUT2D eigenvalue weighted by Crippen LogP contribution is 2.27. The summed E-state index contributed by atoms with van der Waals surface area (Å²) in [6, 6.07) is 14.1. The van der Waals surface area contributed by atoms with Crippen molar-refractivity contribution in [2.45, 2.75) is 19.9 Å². The van der Waals surface area contributed by atoms with E-state index in [4.69, 9.17) is 17.3 Å². The molecule has 2 N–H and O–H groups in total. The maximum Gasteiger partial charge on any atom is 0.138 e. The molecular formula is C16H16ClN3. The molecule has 2 heterocycles. The van der Waals surface area contributed by atoms with Gasteiger partial charge in [-0.25, -0.2) is 4.98 Å². The molecule has 3 nitrogen and oxygen atoms in total. The molecule has 4 heteroatoms. The first-order valence-electron chi connectivity index (χ1n) is 6.69. The van der Waals surface area contributed by atoms with Crippen LogP contribution >= 0.6 is 11.6 Å². The topological polar surface area (TPSA) is 43.3 Å². The highest BCUT2D eigenvalue weighted by molar-refractivity contribution is 6.29. The number of rotatable bonds is 3. The average Bonchev–Trinajstić information content (AvgIpc) is 2.87. The Hall–Kier alpha value is -1.84. The van der Waals surface area contributed by atoms with Crippen molar-refractivity contribution in [3.8, 4) is 11.3 Å². The molecule has 1 aromatic carbocycles. The predicted octanol–water partition coefficient (Wildman–Crippen LogP) is 3.68. The summed E-state index contributed by atoms with van der Waals surface area (Å²) in [7, 11) is 0. The van der Waals surface area contributed by atoms with Crippen LogP contribution in [-0.2, 0) is 13.0 Å². The summed E-state index contributed by atoms with van der Waals surface area (Å²) in [6.45, 7) is 2.54. The van der Waals surface area contributed by atoms with Crippen molar-refractivity contribution in [1.82, 2.24) is 9.38 Å². The van der Waals surface area contributed by atoms with Crippen molar-refractivity contribution in [2.24, 2.45) is 5.73 Å². The first kappa shape index (κ1) is 13.2. The number of halogens is 1. The van der Waals surface area contributed by atoms with Crippen molar-refractivity contribution in [2.75, 3.05) is 0 Å². The van der Waals surface area contributed by atoms with E-state index in [9.17, 15) is 0 Å². The fourth-order valence-electron chi connectivity index (χ4n) is 2.43. The lowest BCUT2D eigenvalue weighted by atomic mass is 10.1. The van der Waals surface area contributed by atoms with Gasteiger partial charge in [-0.05, 0) is 24.1 Å². The maximum absolute atomic E-state index is 6.26. The normalized spacial score (nSPS) is 11.2. The maximum atomic E-state index is 6.26. The van der Waals surface area contributed by atoms with E-state index < -0.39 is 0 Å². The van der Waals surface area contributed by atoms with Crippen molar-refractivity contribution in [3.05, 3.63) is 58.9 Å². The number of hydrogen-bond acceptors (Lipinski definition) is 2. The third kappa shape index (κ3) is 2.09. The van der Waals surface area contributed by atoms with Gasteiger partial charge in [0.25, 0.3) is 0 Å². The molecule has 0 radical (unpaired) electrons. The van der Waals surface area contributed by atoms with Crippen LogP contribution in [0.25, 0.3) is 16.9 Å². The summed E-state index contributed by atoms with van der Waals surface area (Å²) >= 11 is 6.26. The van der Waals surface area contributed by atoms with Crippen LogP contribution in [0, 0.1) is 0 Å². The number of aromatic nitrogens is 2. The largest absolute Gasteiger partial charge is 0.325 e. The summed E-state index contributed by atoms with van der Waals surface area (Å²) < 4.78 is 1.91. The zero-order chi connectivity index (χ0) is 14.1. The molecule has 102 valence electrons. The lowest BCUT2D eigenvalue weighted by Gasteiger charge is -2.04. The molecule has 20 heavy (non-hydrogen) atoms.